The standard InChI is InChI=1S/C10H19NO.HO3P/c1-7-10(4,5)11(6)9(12)8(2)3;1-4(2)3/h2,7H2,1,3-6H3;(H-,1,2,3)/p+1. The molecule has 0 unspecified atom stereocenters. The van der Waals surface area contributed by atoms with E-state index in [1.54, 1.807) is 11.8 Å². The molecule has 6 heteroatoms. The van der Waals surface area contributed by atoms with Crippen LogP contribution >= 0.6 is 8.25 Å². The Balaban J connectivity index is 0. The highest BCUT2D eigenvalue weighted by molar-refractivity contribution is 7.30. The summed E-state index contributed by atoms with van der Waals surface area (Å²) in [5.74, 6) is 0.0295. The Kier molecular flexibility index (Phi) is 8.25. The first-order valence-corrected chi connectivity index (χ1v) is 6.01. The minimum atomic E-state index is -2.87. The molecular weight excluding hydrogens is 229 g/mol. The fourth-order valence-electron chi connectivity index (χ4n) is 0.798. The zero-order valence-corrected chi connectivity index (χ0v) is 11.4. The Morgan fingerprint density at radius 2 is 1.75 bits per heavy atom. The summed E-state index contributed by atoms with van der Waals surface area (Å²) in [6, 6.07) is 0. The van der Waals surface area contributed by atoms with Crippen LogP contribution < -0.4 is 0 Å². The van der Waals surface area contributed by atoms with E-state index in [9.17, 15) is 4.79 Å². The molecule has 0 aromatic carbocycles. The molecule has 2 N–H and O–H groups in total. The van der Waals surface area contributed by atoms with Crippen LogP contribution in [0.2, 0.25) is 0 Å². The Bertz CT molecular complexity index is 272. The van der Waals surface area contributed by atoms with Gasteiger partial charge in [0.25, 0.3) is 0 Å². The number of carbonyl (C=O) groups is 1. The van der Waals surface area contributed by atoms with Crippen molar-refractivity contribution in [1.82, 2.24) is 4.90 Å². The quantitative estimate of drug-likeness (QED) is 0.591. The normalized spacial score (nSPS) is 9.94. The molecule has 0 aromatic heterocycles. The zero-order chi connectivity index (χ0) is 13.5. The summed E-state index contributed by atoms with van der Waals surface area (Å²) < 4.78 is 8.70. The second-order valence-corrected chi connectivity index (χ2v) is 4.57. The molecule has 0 aliphatic heterocycles. The number of amides is 1. The second-order valence-electron chi connectivity index (χ2n) is 4.06. The molecular formula is C10H21NO4P+. The maximum atomic E-state index is 11.5. The van der Waals surface area contributed by atoms with E-state index in [0.717, 1.165) is 6.42 Å². The largest absolute Gasteiger partial charge is 0.692 e. The topological polar surface area (TPSA) is 77.8 Å². The van der Waals surface area contributed by atoms with Crippen LogP contribution in [0.5, 0.6) is 0 Å². The van der Waals surface area contributed by atoms with Gasteiger partial charge in [0, 0.05) is 22.7 Å². The van der Waals surface area contributed by atoms with E-state index in [0.29, 0.717) is 5.57 Å². The van der Waals surface area contributed by atoms with Crippen molar-refractivity contribution >= 4 is 14.2 Å². The van der Waals surface area contributed by atoms with Crippen LogP contribution in [0.4, 0.5) is 0 Å². The van der Waals surface area contributed by atoms with Gasteiger partial charge in [-0.3, -0.25) is 4.79 Å². The predicted molar refractivity (Wildman–Crippen MR) is 64.0 cm³/mol. The van der Waals surface area contributed by atoms with Crippen LogP contribution in [0, 0.1) is 0 Å². The number of carbonyl (C=O) groups excluding carboxylic acids is 1. The first-order chi connectivity index (χ1) is 7.06. The lowest BCUT2D eigenvalue weighted by molar-refractivity contribution is -0.130. The summed E-state index contributed by atoms with van der Waals surface area (Å²) in [5, 5.41) is 0. The summed E-state index contributed by atoms with van der Waals surface area (Å²) in [4.78, 5) is 27.5. The summed E-state index contributed by atoms with van der Waals surface area (Å²) in [7, 11) is -1.05. The van der Waals surface area contributed by atoms with Crippen LogP contribution in [-0.4, -0.2) is 33.2 Å². The smallest absolute Gasteiger partial charge is 0.337 e. The van der Waals surface area contributed by atoms with Crippen molar-refractivity contribution in [2.45, 2.75) is 39.7 Å². The van der Waals surface area contributed by atoms with E-state index in [2.05, 4.69) is 13.5 Å². The maximum absolute atomic E-state index is 11.5. The minimum absolute atomic E-state index is 0.0295. The van der Waals surface area contributed by atoms with Crippen LogP contribution in [-0.2, 0) is 9.36 Å². The van der Waals surface area contributed by atoms with Gasteiger partial charge in [-0.05, 0) is 27.2 Å². The molecule has 0 spiro atoms. The number of nitrogens with zero attached hydrogens (tertiary/aromatic N) is 1. The Morgan fingerprint density at radius 1 is 1.44 bits per heavy atom. The van der Waals surface area contributed by atoms with Crippen molar-refractivity contribution in [3.63, 3.8) is 0 Å². The van der Waals surface area contributed by atoms with Gasteiger partial charge in [0.15, 0.2) is 0 Å². The van der Waals surface area contributed by atoms with Gasteiger partial charge in [-0.1, -0.05) is 13.5 Å². The number of rotatable bonds is 3. The van der Waals surface area contributed by atoms with Gasteiger partial charge >= 0.3 is 8.25 Å². The van der Waals surface area contributed by atoms with E-state index >= 15 is 0 Å². The SMILES string of the molecule is C=C(C)C(=O)N(C)C(C)(C)CC.O=[P+](O)O. The van der Waals surface area contributed by atoms with Gasteiger partial charge in [-0.25, -0.2) is 0 Å². The monoisotopic (exact) mass is 250 g/mol. The summed E-state index contributed by atoms with van der Waals surface area (Å²) >= 11 is 0. The predicted octanol–water partition coefficient (Wildman–Crippen LogP) is 1.84. The van der Waals surface area contributed by atoms with Crippen LogP contribution in [0.25, 0.3) is 0 Å². The number of likely N-dealkylation sites (N-methyl/N-ethyl adjacent to an activating group) is 1. The van der Waals surface area contributed by atoms with Gasteiger partial charge in [-0.15, -0.1) is 9.79 Å². The zero-order valence-electron chi connectivity index (χ0n) is 10.5. The van der Waals surface area contributed by atoms with Gasteiger partial charge in [-0.2, -0.15) is 0 Å². The van der Waals surface area contributed by atoms with Crippen LogP contribution in [0.15, 0.2) is 12.2 Å². The molecule has 0 rings (SSSR count). The molecule has 0 heterocycles. The van der Waals surface area contributed by atoms with E-state index in [1.807, 2.05) is 20.9 Å². The highest BCUT2D eigenvalue weighted by Gasteiger charge is 2.25. The van der Waals surface area contributed by atoms with Crippen molar-refractivity contribution in [3.8, 4) is 0 Å². The molecule has 5 nitrogen and oxygen atoms in total. The highest BCUT2D eigenvalue weighted by Crippen LogP contribution is 2.17. The fourth-order valence-corrected chi connectivity index (χ4v) is 0.798. The summed E-state index contributed by atoms with van der Waals surface area (Å²) in [6.07, 6.45) is 0.947. The molecule has 0 saturated carbocycles. The molecule has 0 saturated heterocycles. The van der Waals surface area contributed by atoms with Crippen molar-refractivity contribution in [2.75, 3.05) is 7.05 Å². The molecule has 0 bridgehead atoms. The maximum Gasteiger partial charge on any atom is 0.692 e. The van der Waals surface area contributed by atoms with Gasteiger partial charge in [0.1, 0.15) is 0 Å². The number of hydrogen-bond donors (Lipinski definition) is 2. The molecule has 1 amide bonds. The molecule has 0 atom stereocenters. The number of hydrogen-bond acceptors (Lipinski definition) is 2. The van der Waals surface area contributed by atoms with Crippen molar-refractivity contribution < 1.29 is 19.1 Å². The van der Waals surface area contributed by atoms with E-state index in [-0.39, 0.29) is 11.4 Å². The average Bonchev–Trinajstić information content (AvgIpc) is 2.14. The van der Waals surface area contributed by atoms with E-state index < -0.39 is 8.25 Å². The van der Waals surface area contributed by atoms with E-state index in [1.165, 1.54) is 0 Å². The lowest BCUT2D eigenvalue weighted by atomic mass is 9.99. The van der Waals surface area contributed by atoms with Crippen molar-refractivity contribution in [2.24, 2.45) is 0 Å². The van der Waals surface area contributed by atoms with Gasteiger partial charge < -0.3 is 4.90 Å². The fraction of sp³-hybridized carbons (Fsp3) is 0.700. The average molecular weight is 250 g/mol. The minimum Gasteiger partial charge on any atom is -0.337 e. The third-order valence-corrected chi connectivity index (χ3v) is 2.44. The lowest BCUT2D eigenvalue weighted by Crippen LogP contribution is -2.44. The third kappa shape index (κ3) is 7.51. The summed E-state index contributed by atoms with van der Waals surface area (Å²) in [6.45, 7) is 11.5. The van der Waals surface area contributed by atoms with Crippen molar-refractivity contribution in [3.05, 3.63) is 12.2 Å². The Hall–Kier alpha value is -0.770. The molecule has 0 aliphatic rings. The highest BCUT2D eigenvalue weighted by atomic mass is 31.1. The molecule has 0 radical (unpaired) electrons. The first-order valence-electron chi connectivity index (χ1n) is 4.85. The Morgan fingerprint density at radius 3 is 1.94 bits per heavy atom. The third-order valence-electron chi connectivity index (χ3n) is 2.44. The first kappa shape index (κ1) is 17.6. The van der Waals surface area contributed by atoms with Crippen molar-refractivity contribution in [1.29, 1.82) is 0 Å². The van der Waals surface area contributed by atoms with Crippen LogP contribution in [0.1, 0.15) is 34.1 Å². The molecule has 94 valence electrons. The molecule has 0 aromatic rings. The lowest BCUT2D eigenvalue weighted by Gasteiger charge is -2.34. The molecule has 0 fully saturated rings. The Labute approximate surface area is 97.7 Å². The van der Waals surface area contributed by atoms with Gasteiger partial charge in [0.2, 0.25) is 5.91 Å². The molecule has 16 heavy (non-hydrogen) atoms. The van der Waals surface area contributed by atoms with Gasteiger partial charge in [0.05, 0.1) is 0 Å². The molecule has 0 aliphatic carbocycles. The summed E-state index contributed by atoms with van der Waals surface area (Å²) in [5.41, 5.74) is 0.523. The second kappa shape index (κ2) is 7.49. The van der Waals surface area contributed by atoms with Crippen LogP contribution in [0.3, 0.4) is 0 Å². The van der Waals surface area contributed by atoms with E-state index in [4.69, 9.17) is 14.4 Å².